The summed E-state index contributed by atoms with van der Waals surface area (Å²) in [5.74, 6) is 0.0512. The molecule has 0 radical (unpaired) electrons. The molecule has 2 aromatic rings. The summed E-state index contributed by atoms with van der Waals surface area (Å²) >= 11 is 0. The third kappa shape index (κ3) is 2.45. The van der Waals surface area contributed by atoms with Crippen molar-refractivity contribution in [2.75, 3.05) is 12.3 Å². The van der Waals surface area contributed by atoms with Gasteiger partial charge in [-0.05, 0) is 17.5 Å². The molecule has 0 fully saturated rings. The number of hydrogen-bond acceptors (Lipinski definition) is 4. The summed E-state index contributed by atoms with van der Waals surface area (Å²) in [5.41, 5.74) is 8.71. The van der Waals surface area contributed by atoms with Crippen molar-refractivity contribution in [1.29, 1.82) is 0 Å². The lowest BCUT2D eigenvalue weighted by molar-refractivity contribution is -0.145. The number of nitrogens with two attached hydrogens (primary N) is 1. The lowest BCUT2D eigenvalue weighted by Crippen LogP contribution is -2.24. The lowest BCUT2D eigenvalue weighted by Gasteiger charge is -2.29. The van der Waals surface area contributed by atoms with Gasteiger partial charge < -0.3 is 10.5 Å². The predicted octanol–water partition coefficient (Wildman–Crippen LogP) is 1.35. The average Bonchev–Trinajstić information content (AvgIpc) is 2.76. The maximum absolute atomic E-state index is 11.7. The van der Waals surface area contributed by atoms with Crippen LogP contribution in [0.4, 0.5) is 5.69 Å². The number of carbonyl (C=O) groups is 1. The van der Waals surface area contributed by atoms with Gasteiger partial charge in [-0.15, -0.1) is 0 Å². The zero-order valence-corrected chi connectivity index (χ0v) is 10.5. The van der Waals surface area contributed by atoms with Crippen LogP contribution in [0.1, 0.15) is 17.0 Å². The summed E-state index contributed by atoms with van der Waals surface area (Å²) in [5, 5.41) is 3.94. The van der Waals surface area contributed by atoms with Gasteiger partial charge in [-0.25, -0.2) is 0 Å². The molecule has 1 aliphatic rings. The Hall–Kier alpha value is -2.30. The van der Waals surface area contributed by atoms with E-state index >= 15 is 0 Å². The Balaban J connectivity index is 1.50. The molecule has 1 atom stereocenters. The minimum absolute atomic E-state index is 0.103. The number of ether oxygens (including phenoxy) is 1. The fourth-order valence-corrected chi connectivity index (χ4v) is 2.35. The second-order valence-electron chi connectivity index (χ2n) is 4.75. The molecule has 0 amide bonds. The number of hydrogen-bond donors (Lipinski definition) is 1. The Morgan fingerprint density at radius 1 is 1.47 bits per heavy atom. The molecular weight excluding hydrogens is 242 g/mol. The number of anilines is 1. The number of esters is 1. The zero-order valence-electron chi connectivity index (χ0n) is 10.5. The van der Waals surface area contributed by atoms with Gasteiger partial charge in [-0.2, -0.15) is 5.10 Å². The first kappa shape index (κ1) is 11.8. The molecular formula is C14H15N3O2. The van der Waals surface area contributed by atoms with Crippen LogP contribution < -0.4 is 5.73 Å². The summed E-state index contributed by atoms with van der Waals surface area (Å²) in [6.45, 7) is 0.540. The molecule has 3 rings (SSSR count). The Morgan fingerprint density at radius 3 is 3.05 bits per heavy atom. The average molecular weight is 257 g/mol. The van der Waals surface area contributed by atoms with Gasteiger partial charge in [0.1, 0.15) is 6.54 Å². The van der Waals surface area contributed by atoms with E-state index in [1.165, 1.54) is 22.0 Å². The molecule has 5 nitrogen and oxygen atoms in total. The summed E-state index contributed by atoms with van der Waals surface area (Å²) in [6.07, 6.45) is 4.10. The van der Waals surface area contributed by atoms with Crippen LogP contribution in [0.2, 0.25) is 0 Å². The van der Waals surface area contributed by atoms with E-state index in [0.717, 1.165) is 6.42 Å². The summed E-state index contributed by atoms with van der Waals surface area (Å²) in [4.78, 5) is 11.7. The van der Waals surface area contributed by atoms with Crippen molar-refractivity contribution >= 4 is 11.7 Å². The highest BCUT2D eigenvalue weighted by atomic mass is 16.5. The Kier molecular flexibility index (Phi) is 2.95. The highest BCUT2D eigenvalue weighted by molar-refractivity contribution is 5.69. The molecule has 1 unspecified atom stereocenters. The van der Waals surface area contributed by atoms with Crippen LogP contribution in [0, 0.1) is 0 Å². The third-order valence-corrected chi connectivity index (χ3v) is 3.35. The fraction of sp³-hybridized carbons (Fsp3) is 0.286. The van der Waals surface area contributed by atoms with E-state index in [9.17, 15) is 4.79 Å². The second kappa shape index (κ2) is 4.76. The zero-order chi connectivity index (χ0) is 13.2. The molecule has 0 saturated carbocycles. The van der Waals surface area contributed by atoms with Gasteiger partial charge in [0, 0.05) is 12.1 Å². The number of aromatic nitrogens is 2. The standard InChI is InChI=1S/C14H15N3O2/c15-12-6-16-17(7-12)8-14(18)19-9-11-5-10-3-1-2-4-13(10)11/h1-4,6-7,11H,5,8-9,15H2. The molecule has 1 aliphatic carbocycles. The molecule has 1 aromatic heterocycles. The summed E-state index contributed by atoms with van der Waals surface area (Å²) in [7, 11) is 0. The molecule has 2 N–H and O–H groups in total. The second-order valence-corrected chi connectivity index (χ2v) is 4.75. The van der Waals surface area contributed by atoms with Gasteiger partial charge in [0.15, 0.2) is 0 Å². The van der Waals surface area contributed by atoms with Crippen molar-refractivity contribution in [1.82, 2.24) is 9.78 Å². The van der Waals surface area contributed by atoms with E-state index in [0.29, 0.717) is 18.2 Å². The first-order chi connectivity index (χ1) is 9.22. The van der Waals surface area contributed by atoms with Crippen LogP contribution in [0.15, 0.2) is 36.7 Å². The van der Waals surface area contributed by atoms with Crippen LogP contribution in [0.3, 0.4) is 0 Å². The van der Waals surface area contributed by atoms with Crippen LogP contribution >= 0.6 is 0 Å². The van der Waals surface area contributed by atoms with Crippen molar-refractivity contribution in [2.24, 2.45) is 0 Å². The van der Waals surface area contributed by atoms with E-state index in [2.05, 4.69) is 17.2 Å². The first-order valence-electron chi connectivity index (χ1n) is 6.24. The van der Waals surface area contributed by atoms with E-state index in [1.807, 2.05) is 12.1 Å². The third-order valence-electron chi connectivity index (χ3n) is 3.35. The van der Waals surface area contributed by atoms with Crippen molar-refractivity contribution < 1.29 is 9.53 Å². The van der Waals surface area contributed by atoms with Crippen molar-refractivity contribution in [2.45, 2.75) is 18.9 Å². The van der Waals surface area contributed by atoms with Crippen LogP contribution in [-0.2, 0) is 22.5 Å². The Labute approximate surface area is 111 Å². The Bertz CT molecular complexity index is 606. The van der Waals surface area contributed by atoms with E-state index in [4.69, 9.17) is 10.5 Å². The maximum Gasteiger partial charge on any atom is 0.327 e. The number of nitrogens with zero attached hydrogens (tertiary/aromatic N) is 2. The fourth-order valence-electron chi connectivity index (χ4n) is 2.35. The quantitative estimate of drug-likeness (QED) is 0.839. The normalized spacial score (nSPS) is 16.5. The van der Waals surface area contributed by atoms with E-state index in [1.54, 1.807) is 6.20 Å². The molecule has 0 bridgehead atoms. The van der Waals surface area contributed by atoms with Crippen molar-refractivity contribution in [3.05, 3.63) is 47.8 Å². The first-order valence-corrected chi connectivity index (χ1v) is 6.24. The van der Waals surface area contributed by atoms with Gasteiger partial charge in [-0.1, -0.05) is 24.3 Å². The molecule has 1 heterocycles. The SMILES string of the molecule is Nc1cnn(CC(=O)OCC2Cc3ccccc32)c1. The van der Waals surface area contributed by atoms with Crippen LogP contribution in [-0.4, -0.2) is 22.4 Å². The minimum atomic E-state index is -0.285. The Morgan fingerprint density at radius 2 is 2.32 bits per heavy atom. The van der Waals surface area contributed by atoms with Crippen molar-refractivity contribution in [3.8, 4) is 0 Å². The highest BCUT2D eigenvalue weighted by Crippen LogP contribution is 2.34. The van der Waals surface area contributed by atoms with Gasteiger partial charge >= 0.3 is 5.97 Å². The predicted molar refractivity (Wildman–Crippen MR) is 70.5 cm³/mol. The molecule has 19 heavy (non-hydrogen) atoms. The summed E-state index contributed by atoms with van der Waals surface area (Å²) in [6, 6.07) is 8.24. The molecule has 0 saturated heterocycles. The smallest absolute Gasteiger partial charge is 0.327 e. The number of fused-ring (bicyclic) bond motifs is 1. The van der Waals surface area contributed by atoms with Crippen LogP contribution in [0.25, 0.3) is 0 Å². The monoisotopic (exact) mass is 257 g/mol. The van der Waals surface area contributed by atoms with Crippen LogP contribution in [0.5, 0.6) is 0 Å². The van der Waals surface area contributed by atoms with Gasteiger partial charge in [-0.3, -0.25) is 9.48 Å². The number of benzene rings is 1. The maximum atomic E-state index is 11.7. The number of carbonyl (C=O) groups excluding carboxylic acids is 1. The molecule has 5 heteroatoms. The van der Waals surface area contributed by atoms with Gasteiger partial charge in [0.05, 0.1) is 18.5 Å². The van der Waals surface area contributed by atoms with Gasteiger partial charge in [0.25, 0.3) is 0 Å². The summed E-state index contributed by atoms with van der Waals surface area (Å²) < 4.78 is 6.75. The molecule has 98 valence electrons. The van der Waals surface area contributed by atoms with Gasteiger partial charge in [0.2, 0.25) is 0 Å². The van der Waals surface area contributed by atoms with E-state index < -0.39 is 0 Å². The van der Waals surface area contributed by atoms with Crippen molar-refractivity contribution in [3.63, 3.8) is 0 Å². The highest BCUT2D eigenvalue weighted by Gasteiger charge is 2.26. The molecule has 0 spiro atoms. The molecule has 0 aliphatic heterocycles. The van der Waals surface area contributed by atoms with E-state index in [-0.39, 0.29) is 12.5 Å². The lowest BCUT2D eigenvalue weighted by atomic mass is 9.78. The number of rotatable bonds is 4. The topological polar surface area (TPSA) is 70.1 Å². The number of nitrogen functional groups attached to an aromatic ring is 1. The largest absolute Gasteiger partial charge is 0.464 e. The molecule has 1 aromatic carbocycles. The minimum Gasteiger partial charge on any atom is -0.464 e.